The molecule has 2 fully saturated rings. The summed E-state index contributed by atoms with van der Waals surface area (Å²) in [6, 6.07) is 0. The Morgan fingerprint density at radius 3 is 2.00 bits per heavy atom. The Bertz CT molecular complexity index is 355. The van der Waals surface area contributed by atoms with Crippen molar-refractivity contribution in [1.82, 2.24) is 4.90 Å². The molecule has 5 heteroatoms. The minimum absolute atomic E-state index is 0.0448. The summed E-state index contributed by atoms with van der Waals surface area (Å²) in [6.45, 7) is 1.73. The summed E-state index contributed by atoms with van der Waals surface area (Å²) in [5.41, 5.74) is 0. The third kappa shape index (κ3) is 3.44. The van der Waals surface area contributed by atoms with E-state index in [0.29, 0.717) is 12.8 Å². The van der Waals surface area contributed by atoms with Crippen LogP contribution in [-0.2, 0) is 14.6 Å². The quantitative estimate of drug-likeness (QED) is 0.711. The first kappa shape index (κ1) is 12.9. The summed E-state index contributed by atoms with van der Waals surface area (Å²) < 4.78 is 22.7. The fourth-order valence-corrected chi connectivity index (χ4v) is 4.18. The summed E-state index contributed by atoms with van der Waals surface area (Å²) in [5, 5.41) is 0. The average Bonchev–Trinajstić information content (AvgIpc) is 2.56. The predicted octanol–water partition coefficient (Wildman–Crippen LogP) is 1.21. The maximum atomic E-state index is 12.2. The summed E-state index contributed by atoms with van der Waals surface area (Å²) in [4.78, 5) is 14.2. The van der Waals surface area contributed by atoms with Crippen molar-refractivity contribution in [3.05, 3.63) is 0 Å². The third-order valence-electron chi connectivity index (χ3n) is 3.82. The predicted molar refractivity (Wildman–Crippen MR) is 66.4 cm³/mol. The van der Waals surface area contributed by atoms with Crippen LogP contribution < -0.4 is 0 Å². The van der Waals surface area contributed by atoms with Gasteiger partial charge in [-0.3, -0.25) is 4.79 Å². The second-order valence-corrected chi connectivity index (χ2v) is 7.47. The van der Waals surface area contributed by atoms with Crippen molar-refractivity contribution in [2.24, 2.45) is 5.92 Å². The maximum Gasteiger partial charge on any atom is 0.225 e. The number of likely N-dealkylation sites (tertiary alicyclic amines) is 1. The number of carbonyl (C=O) groups excluding carboxylic acids is 1. The third-order valence-corrected chi connectivity index (χ3v) is 5.54. The molecule has 98 valence electrons. The highest BCUT2D eigenvalue weighted by atomic mass is 32.2. The normalized spacial score (nSPS) is 26.5. The standard InChI is InChI=1S/C12H21NO3S/c14-12(13-7-3-1-2-4-8-13)11-5-9-17(15,16)10-6-11/h11H,1-10H2. The summed E-state index contributed by atoms with van der Waals surface area (Å²) in [6.07, 6.45) is 5.66. The molecule has 4 nitrogen and oxygen atoms in total. The lowest BCUT2D eigenvalue weighted by Crippen LogP contribution is -2.40. The average molecular weight is 259 g/mol. The van der Waals surface area contributed by atoms with Crippen molar-refractivity contribution in [1.29, 1.82) is 0 Å². The van der Waals surface area contributed by atoms with E-state index in [0.717, 1.165) is 25.9 Å². The van der Waals surface area contributed by atoms with Crippen molar-refractivity contribution in [3.8, 4) is 0 Å². The topological polar surface area (TPSA) is 54.5 Å². The molecule has 0 N–H and O–H groups in total. The highest BCUT2D eigenvalue weighted by Gasteiger charge is 2.31. The number of carbonyl (C=O) groups is 1. The van der Waals surface area contributed by atoms with Crippen molar-refractivity contribution < 1.29 is 13.2 Å². The molecule has 0 spiro atoms. The molecule has 0 saturated carbocycles. The first-order chi connectivity index (χ1) is 8.08. The van der Waals surface area contributed by atoms with Gasteiger partial charge >= 0.3 is 0 Å². The van der Waals surface area contributed by atoms with Crippen LogP contribution in [0.4, 0.5) is 0 Å². The first-order valence-corrected chi connectivity index (χ1v) is 8.40. The highest BCUT2D eigenvalue weighted by molar-refractivity contribution is 7.91. The molecule has 1 amide bonds. The van der Waals surface area contributed by atoms with Crippen molar-refractivity contribution >= 4 is 15.7 Å². The Morgan fingerprint density at radius 2 is 1.47 bits per heavy atom. The van der Waals surface area contributed by atoms with Crippen molar-refractivity contribution in [2.45, 2.75) is 38.5 Å². The van der Waals surface area contributed by atoms with Crippen molar-refractivity contribution in [2.75, 3.05) is 24.6 Å². The minimum Gasteiger partial charge on any atom is -0.342 e. The molecule has 0 aromatic carbocycles. The summed E-state index contributed by atoms with van der Waals surface area (Å²) >= 11 is 0. The van der Waals surface area contributed by atoms with Crippen LogP contribution in [0.3, 0.4) is 0 Å². The van der Waals surface area contributed by atoms with Gasteiger partial charge in [0.15, 0.2) is 0 Å². The van der Waals surface area contributed by atoms with Crippen LogP contribution >= 0.6 is 0 Å². The van der Waals surface area contributed by atoms with Gasteiger partial charge in [-0.15, -0.1) is 0 Å². The lowest BCUT2D eigenvalue weighted by molar-refractivity contribution is -0.135. The van der Waals surface area contributed by atoms with E-state index in [2.05, 4.69) is 0 Å². The number of amides is 1. The van der Waals surface area contributed by atoms with Gasteiger partial charge in [0, 0.05) is 19.0 Å². The van der Waals surface area contributed by atoms with Crippen LogP contribution in [0, 0.1) is 5.92 Å². The van der Waals surface area contributed by atoms with Crippen molar-refractivity contribution in [3.63, 3.8) is 0 Å². The van der Waals surface area contributed by atoms with Gasteiger partial charge in [0.2, 0.25) is 5.91 Å². The molecule has 2 heterocycles. The molecule has 0 bridgehead atoms. The zero-order valence-electron chi connectivity index (χ0n) is 10.2. The Hall–Kier alpha value is -0.580. The molecule has 2 aliphatic rings. The van der Waals surface area contributed by atoms with E-state index in [-0.39, 0.29) is 23.3 Å². The molecule has 0 aromatic rings. The van der Waals surface area contributed by atoms with Gasteiger partial charge in [-0.2, -0.15) is 0 Å². The molecule has 2 saturated heterocycles. The smallest absolute Gasteiger partial charge is 0.225 e. The first-order valence-electron chi connectivity index (χ1n) is 6.58. The van der Waals surface area contributed by atoms with E-state index in [1.807, 2.05) is 4.90 Å². The molecule has 0 aliphatic carbocycles. The van der Waals surface area contributed by atoms with E-state index < -0.39 is 9.84 Å². The Morgan fingerprint density at radius 1 is 0.941 bits per heavy atom. The van der Waals surface area contributed by atoms with Gasteiger partial charge in [-0.1, -0.05) is 12.8 Å². The molecule has 0 aromatic heterocycles. The number of hydrogen-bond acceptors (Lipinski definition) is 3. The van der Waals surface area contributed by atoms with Gasteiger partial charge < -0.3 is 4.90 Å². The monoisotopic (exact) mass is 259 g/mol. The molecule has 0 unspecified atom stereocenters. The molecule has 17 heavy (non-hydrogen) atoms. The number of nitrogens with zero attached hydrogens (tertiary/aromatic N) is 1. The van der Waals surface area contributed by atoms with Gasteiger partial charge in [-0.25, -0.2) is 8.42 Å². The molecular formula is C12H21NO3S. The lowest BCUT2D eigenvalue weighted by Gasteiger charge is -2.28. The summed E-state index contributed by atoms with van der Waals surface area (Å²) in [5.74, 6) is 0.535. The minimum atomic E-state index is -2.86. The van der Waals surface area contributed by atoms with E-state index in [9.17, 15) is 13.2 Å². The van der Waals surface area contributed by atoms with Crippen LogP contribution in [0.1, 0.15) is 38.5 Å². The van der Waals surface area contributed by atoms with Gasteiger partial charge in [0.25, 0.3) is 0 Å². The maximum absolute atomic E-state index is 12.2. The van der Waals surface area contributed by atoms with Gasteiger partial charge in [0.05, 0.1) is 11.5 Å². The van der Waals surface area contributed by atoms with Gasteiger partial charge in [-0.05, 0) is 25.7 Å². The molecule has 0 atom stereocenters. The van der Waals surface area contributed by atoms with Crippen LogP contribution in [0.25, 0.3) is 0 Å². The van der Waals surface area contributed by atoms with Crippen LogP contribution in [0.15, 0.2) is 0 Å². The molecule has 2 rings (SSSR count). The molecule has 2 aliphatic heterocycles. The second kappa shape index (κ2) is 5.38. The largest absolute Gasteiger partial charge is 0.342 e. The van der Waals surface area contributed by atoms with E-state index >= 15 is 0 Å². The van der Waals surface area contributed by atoms with Crippen LogP contribution in [-0.4, -0.2) is 43.8 Å². The van der Waals surface area contributed by atoms with Gasteiger partial charge in [0.1, 0.15) is 9.84 Å². The summed E-state index contributed by atoms with van der Waals surface area (Å²) in [7, 11) is -2.86. The molecule has 0 radical (unpaired) electrons. The number of sulfone groups is 1. The van der Waals surface area contributed by atoms with E-state index in [4.69, 9.17) is 0 Å². The van der Waals surface area contributed by atoms with E-state index in [1.165, 1.54) is 12.8 Å². The molecular weight excluding hydrogens is 238 g/mol. The fraction of sp³-hybridized carbons (Fsp3) is 0.917. The van der Waals surface area contributed by atoms with E-state index in [1.54, 1.807) is 0 Å². The Balaban J connectivity index is 1.91. The SMILES string of the molecule is O=C(C1CCS(=O)(=O)CC1)N1CCCCCC1. The zero-order chi connectivity index (χ0) is 12.3. The number of rotatable bonds is 1. The second-order valence-electron chi connectivity index (χ2n) is 5.17. The lowest BCUT2D eigenvalue weighted by atomic mass is 10.0. The number of hydrogen-bond donors (Lipinski definition) is 0. The Labute approximate surface area is 103 Å². The zero-order valence-corrected chi connectivity index (χ0v) is 11.0. The Kier molecular flexibility index (Phi) is 4.07. The van der Waals surface area contributed by atoms with Crippen LogP contribution in [0.5, 0.6) is 0 Å². The fourth-order valence-electron chi connectivity index (χ4n) is 2.69. The highest BCUT2D eigenvalue weighted by Crippen LogP contribution is 2.22. The van der Waals surface area contributed by atoms with Crippen LogP contribution in [0.2, 0.25) is 0 Å².